The lowest BCUT2D eigenvalue weighted by Crippen LogP contribution is -2.45. The van der Waals surface area contributed by atoms with Crippen LogP contribution in [-0.4, -0.2) is 28.7 Å². The lowest BCUT2D eigenvalue weighted by atomic mass is 9.99. The lowest BCUT2D eigenvalue weighted by molar-refractivity contribution is -0.137. The number of anilines is 3. The van der Waals surface area contributed by atoms with E-state index in [0.29, 0.717) is 23.2 Å². The molecule has 188 valence electrons. The maximum absolute atomic E-state index is 13.8. The Morgan fingerprint density at radius 2 is 1.89 bits per heavy atom. The monoisotopic (exact) mass is 498 g/mol. The van der Waals surface area contributed by atoms with Gasteiger partial charge in [-0.1, -0.05) is 0 Å². The Bertz CT molecular complexity index is 1370. The predicted molar refractivity (Wildman–Crippen MR) is 132 cm³/mol. The van der Waals surface area contributed by atoms with Crippen molar-refractivity contribution in [2.24, 2.45) is 0 Å². The van der Waals surface area contributed by atoms with Crippen molar-refractivity contribution < 1.29 is 22.3 Å². The van der Waals surface area contributed by atoms with Gasteiger partial charge in [-0.25, -0.2) is 9.37 Å². The van der Waals surface area contributed by atoms with Crippen LogP contribution in [0.15, 0.2) is 60.9 Å². The Morgan fingerprint density at radius 3 is 2.61 bits per heavy atom. The van der Waals surface area contributed by atoms with E-state index in [1.165, 1.54) is 18.3 Å². The minimum absolute atomic E-state index is 0.0949. The molecule has 2 atom stereocenters. The summed E-state index contributed by atoms with van der Waals surface area (Å²) in [5.41, 5.74) is 2.76. The summed E-state index contributed by atoms with van der Waals surface area (Å²) in [5.74, 6) is 1.03. The number of aromatic nitrogens is 2. The van der Waals surface area contributed by atoms with Crippen molar-refractivity contribution in [1.82, 2.24) is 9.97 Å². The van der Waals surface area contributed by atoms with Gasteiger partial charge >= 0.3 is 6.18 Å². The topological polar surface area (TPSA) is 53.2 Å². The van der Waals surface area contributed by atoms with Crippen LogP contribution >= 0.6 is 0 Å². The Labute approximate surface area is 206 Å². The van der Waals surface area contributed by atoms with Crippen molar-refractivity contribution in [3.8, 4) is 5.75 Å². The lowest BCUT2D eigenvalue weighted by Gasteiger charge is -2.39. The van der Waals surface area contributed by atoms with Gasteiger partial charge in [0.2, 0.25) is 0 Å². The summed E-state index contributed by atoms with van der Waals surface area (Å²) in [6.07, 6.45) is 0.0845. The fourth-order valence-corrected chi connectivity index (χ4v) is 4.74. The number of aromatic amines is 1. The molecule has 5 nitrogen and oxygen atoms in total. The minimum Gasteiger partial charge on any atom is -0.490 e. The van der Waals surface area contributed by atoms with Gasteiger partial charge in [-0.2, -0.15) is 13.2 Å². The van der Waals surface area contributed by atoms with Crippen LogP contribution in [-0.2, 0) is 6.18 Å². The van der Waals surface area contributed by atoms with E-state index in [1.54, 1.807) is 12.3 Å². The average molecular weight is 499 g/mol. The molecule has 1 aliphatic heterocycles. The van der Waals surface area contributed by atoms with Gasteiger partial charge in [0, 0.05) is 60.1 Å². The number of hydrogen-bond donors (Lipinski definition) is 2. The van der Waals surface area contributed by atoms with Gasteiger partial charge in [-0.15, -0.1) is 0 Å². The Hall–Kier alpha value is -3.75. The van der Waals surface area contributed by atoms with E-state index in [-0.39, 0.29) is 18.0 Å². The maximum Gasteiger partial charge on any atom is 0.416 e. The molecule has 0 spiro atoms. The van der Waals surface area contributed by atoms with Crippen LogP contribution in [0.25, 0.3) is 10.9 Å². The zero-order valence-electron chi connectivity index (χ0n) is 19.9. The molecule has 0 bridgehead atoms. The fraction of sp³-hybridized carbons (Fsp3) is 0.296. The van der Waals surface area contributed by atoms with Gasteiger partial charge in [-0.3, -0.25) is 0 Å². The number of H-pyrrole nitrogens is 1. The van der Waals surface area contributed by atoms with E-state index in [0.717, 1.165) is 47.7 Å². The summed E-state index contributed by atoms with van der Waals surface area (Å²) in [5, 5.41) is 3.95. The molecule has 0 radical (unpaired) electrons. The number of nitrogens with zero attached hydrogens (tertiary/aromatic N) is 2. The second-order valence-corrected chi connectivity index (χ2v) is 9.16. The zero-order chi connectivity index (χ0) is 25.4. The predicted octanol–water partition coefficient (Wildman–Crippen LogP) is 7.21. The molecule has 0 aliphatic carbocycles. The van der Waals surface area contributed by atoms with Gasteiger partial charge in [-0.05, 0) is 62.4 Å². The van der Waals surface area contributed by atoms with Crippen molar-refractivity contribution in [3.05, 3.63) is 77.9 Å². The van der Waals surface area contributed by atoms with Crippen molar-refractivity contribution in [3.63, 3.8) is 0 Å². The molecule has 5 rings (SSSR count). The fourth-order valence-electron chi connectivity index (χ4n) is 4.74. The van der Waals surface area contributed by atoms with Crippen LogP contribution in [0.5, 0.6) is 5.75 Å². The van der Waals surface area contributed by atoms with E-state index in [9.17, 15) is 17.6 Å². The number of rotatable bonds is 5. The van der Waals surface area contributed by atoms with Crippen molar-refractivity contribution in [1.29, 1.82) is 0 Å². The number of halogens is 4. The molecule has 9 heteroatoms. The average Bonchev–Trinajstić information content (AvgIpc) is 3.21. The van der Waals surface area contributed by atoms with Gasteiger partial charge in [0.1, 0.15) is 23.5 Å². The molecule has 1 fully saturated rings. The van der Waals surface area contributed by atoms with Crippen LogP contribution < -0.4 is 15.0 Å². The number of alkyl halides is 3. The minimum atomic E-state index is -4.36. The summed E-state index contributed by atoms with van der Waals surface area (Å²) in [6.45, 7) is 4.81. The first-order valence-electron chi connectivity index (χ1n) is 11.8. The first-order valence-corrected chi connectivity index (χ1v) is 11.8. The van der Waals surface area contributed by atoms with Gasteiger partial charge in [0.15, 0.2) is 0 Å². The van der Waals surface area contributed by atoms with Gasteiger partial charge in [0.25, 0.3) is 0 Å². The van der Waals surface area contributed by atoms with Crippen LogP contribution in [0.3, 0.4) is 0 Å². The third kappa shape index (κ3) is 4.82. The number of pyridine rings is 1. The maximum atomic E-state index is 13.8. The molecule has 2 N–H and O–H groups in total. The molecule has 1 aliphatic rings. The third-order valence-electron chi connectivity index (χ3n) is 6.67. The molecular formula is C27H26F4N4O. The smallest absolute Gasteiger partial charge is 0.416 e. The van der Waals surface area contributed by atoms with E-state index < -0.39 is 11.7 Å². The molecule has 4 aromatic rings. The second kappa shape index (κ2) is 9.37. The van der Waals surface area contributed by atoms with E-state index in [4.69, 9.17) is 4.74 Å². The SMILES string of the molecule is Cc1c(Nc2ccc3c(F)c[nH]c3c2)ccnc1N1CCC(Oc2ccc(C(F)(F)F)cc2)CC1C. The first kappa shape index (κ1) is 24.0. The number of fused-ring (bicyclic) bond motifs is 1. The molecule has 2 aromatic heterocycles. The highest BCUT2D eigenvalue weighted by Gasteiger charge is 2.31. The quantitative estimate of drug-likeness (QED) is 0.286. The Morgan fingerprint density at radius 1 is 1.11 bits per heavy atom. The molecule has 36 heavy (non-hydrogen) atoms. The number of ether oxygens (including phenoxy) is 1. The zero-order valence-corrected chi connectivity index (χ0v) is 19.9. The Kier molecular flexibility index (Phi) is 6.24. The van der Waals surface area contributed by atoms with Crippen molar-refractivity contribution >= 4 is 28.1 Å². The molecule has 2 unspecified atom stereocenters. The largest absolute Gasteiger partial charge is 0.490 e. The van der Waals surface area contributed by atoms with Crippen LogP contribution in [0.4, 0.5) is 34.8 Å². The normalized spacial score (nSPS) is 18.4. The number of hydrogen-bond acceptors (Lipinski definition) is 4. The van der Waals surface area contributed by atoms with Crippen LogP contribution in [0.2, 0.25) is 0 Å². The Balaban J connectivity index is 1.26. The second-order valence-electron chi connectivity index (χ2n) is 9.16. The standard InChI is InChI=1S/C27H26F4N4O/c1-16-13-21(36-20-6-3-18(4-7-20)27(29,30)31)10-12-35(16)26-17(2)24(9-11-32-26)34-19-5-8-22-23(28)15-33-25(22)14-19/h3-9,11,14-16,21,33H,10,12-13H2,1-2H3,(H,32,34). The molecule has 1 saturated heterocycles. The molecular weight excluding hydrogens is 472 g/mol. The summed E-state index contributed by atoms with van der Waals surface area (Å²) in [4.78, 5) is 9.80. The first-order chi connectivity index (χ1) is 17.2. The van der Waals surface area contributed by atoms with E-state index >= 15 is 0 Å². The molecule has 2 aromatic carbocycles. The van der Waals surface area contributed by atoms with Crippen LogP contribution in [0.1, 0.15) is 30.9 Å². The highest BCUT2D eigenvalue weighted by atomic mass is 19.4. The van der Waals surface area contributed by atoms with Crippen molar-refractivity contribution in [2.45, 2.75) is 45.0 Å². The molecule has 0 saturated carbocycles. The summed E-state index contributed by atoms with van der Waals surface area (Å²) < 4.78 is 58.2. The summed E-state index contributed by atoms with van der Waals surface area (Å²) in [6, 6.07) is 12.3. The molecule has 0 amide bonds. The summed E-state index contributed by atoms with van der Waals surface area (Å²) >= 11 is 0. The van der Waals surface area contributed by atoms with E-state index in [1.807, 2.05) is 25.1 Å². The molecule has 3 heterocycles. The number of benzene rings is 2. The van der Waals surface area contributed by atoms with Gasteiger partial charge in [0.05, 0.1) is 11.1 Å². The van der Waals surface area contributed by atoms with E-state index in [2.05, 4.69) is 27.1 Å². The highest BCUT2D eigenvalue weighted by Crippen LogP contribution is 2.34. The third-order valence-corrected chi connectivity index (χ3v) is 6.67. The number of piperidine rings is 1. The van der Waals surface area contributed by atoms with Gasteiger partial charge < -0.3 is 19.9 Å². The summed E-state index contributed by atoms with van der Waals surface area (Å²) in [7, 11) is 0. The van der Waals surface area contributed by atoms with Crippen LogP contribution in [0, 0.1) is 12.7 Å². The van der Waals surface area contributed by atoms with Crippen molar-refractivity contribution in [2.75, 3.05) is 16.8 Å². The highest BCUT2D eigenvalue weighted by molar-refractivity contribution is 5.85. The number of nitrogens with one attached hydrogen (secondary N) is 2.